The highest BCUT2D eigenvalue weighted by Crippen LogP contribution is 2.33. The maximum Gasteiger partial charge on any atom is 0.137 e. The molecule has 0 atom stereocenters. The Hall–Kier alpha value is -0.840. The maximum atomic E-state index is 11.8. The molecule has 1 aliphatic rings. The summed E-state index contributed by atoms with van der Waals surface area (Å²) in [6, 6.07) is 2.06. The molecule has 1 fully saturated rings. The fourth-order valence-electron chi connectivity index (χ4n) is 2.84. The minimum atomic E-state index is 0.269. The van der Waals surface area contributed by atoms with Gasteiger partial charge in [-0.05, 0) is 31.6 Å². The molecular formula is C15H25NO. The van der Waals surface area contributed by atoms with Crippen LogP contribution in [0.2, 0.25) is 0 Å². The molecule has 0 aromatic carbocycles. The van der Waals surface area contributed by atoms with Crippen LogP contribution < -0.4 is 0 Å². The number of ketones is 1. The lowest BCUT2D eigenvalue weighted by atomic mass is 9.77. The van der Waals surface area contributed by atoms with Crippen LogP contribution >= 0.6 is 0 Å². The molecule has 0 radical (unpaired) electrons. The Morgan fingerprint density at radius 2 is 1.94 bits per heavy atom. The number of hydrogen-bond acceptors (Lipinski definition) is 2. The van der Waals surface area contributed by atoms with Gasteiger partial charge in [0.2, 0.25) is 0 Å². The summed E-state index contributed by atoms with van der Waals surface area (Å²) in [5.41, 5.74) is 0. The first-order valence-electron chi connectivity index (χ1n) is 7.17. The highest BCUT2D eigenvalue weighted by molar-refractivity contribution is 5.81. The zero-order valence-electron chi connectivity index (χ0n) is 11.1. The number of carbonyl (C=O) groups excluding carboxylic acids is 1. The van der Waals surface area contributed by atoms with Gasteiger partial charge in [0.25, 0.3) is 0 Å². The number of hydrogen-bond donors (Lipinski definition) is 0. The Bertz CT molecular complexity index is 259. The van der Waals surface area contributed by atoms with Crippen LogP contribution in [0.1, 0.15) is 71.1 Å². The smallest absolute Gasteiger partial charge is 0.137 e. The standard InChI is InChI=1S/C15H25NO/c1-2-3-4-6-13-8-10-14(11-9-13)15(17)7-5-12-16/h13-14H,2-11H2,1H3/t13-,14-. The molecule has 0 amide bonds. The summed E-state index contributed by atoms with van der Waals surface area (Å²) >= 11 is 0. The second-order valence-corrected chi connectivity index (χ2v) is 5.34. The minimum absolute atomic E-state index is 0.269. The van der Waals surface area contributed by atoms with Crippen molar-refractivity contribution in [3.05, 3.63) is 0 Å². The summed E-state index contributed by atoms with van der Waals surface area (Å²) in [7, 11) is 0. The zero-order chi connectivity index (χ0) is 12.5. The van der Waals surface area contributed by atoms with Crippen LogP contribution in [-0.2, 0) is 4.79 Å². The predicted octanol–water partition coefficient (Wildman–Crippen LogP) is 4.25. The Morgan fingerprint density at radius 3 is 2.53 bits per heavy atom. The van der Waals surface area contributed by atoms with Crippen molar-refractivity contribution in [1.29, 1.82) is 5.26 Å². The monoisotopic (exact) mass is 235 g/mol. The number of Topliss-reactive ketones (excluding diaryl/α,β-unsaturated/α-hetero) is 1. The highest BCUT2D eigenvalue weighted by atomic mass is 16.1. The fourth-order valence-corrected chi connectivity index (χ4v) is 2.84. The molecule has 0 spiro atoms. The average molecular weight is 235 g/mol. The quantitative estimate of drug-likeness (QED) is 0.619. The van der Waals surface area contributed by atoms with Crippen molar-refractivity contribution in [3.63, 3.8) is 0 Å². The van der Waals surface area contributed by atoms with Crippen molar-refractivity contribution in [3.8, 4) is 6.07 Å². The van der Waals surface area contributed by atoms with Crippen LogP contribution in [0.5, 0.6) is 0 Å². The molecule has 96 valence electrons. The van der Waals surface area contributed by atoms with E-state index in [1.165, 1.54) is 38.5 Å². The van der Waals surface area contributed by atoms with Crippen molar-refractivity contribution >= 4 is 5.78 Å². The van der Waals surface area contributed by atoms with Crippen LogP contribution in [0, 0.1) is 23.2 Å². The first-order chi connectivity index (χ1) is 8.27. The second-order valence-electron chi connectivity index (χ2n) is 5.34. The van der Waals surface area contributed by atoms with Gasteiger partial charge in [-0.25, -0.2) is 0 Å². The molecule has 0 aromatic rings. The largest absolute Gasteiger partial charge is 0.299 e. The summed E-state index contributed by atoms with van der Waals surface area (Å²) in [6.07, 6.45) is 10.8. The van der Waals surface area contributed by atoms with E-state index < -0.39 is 0 Å². The van der Waals surface area contributed by atoms with Gasteiger partial charge in [0, 0.05) is 18.8 Å². The minimum Gasteiger partial charge on any atom is -0.299 e. The average Bonchev–Trinajstić information content (AvgIpc) is 2.37. The van der Waals surface area contributed by atoms with Crippen molar-refractivity contribution in [2.24, 2.45) is 11.8 Å². The lowest BCUT2D eigenvalue weighted by Crippen LogP contribution is -2.21. The van der Waals surface area contributed by atoms with Crippen molar-refractivity contribution < 1.29 is 4.79 Å². The topological polar surface area (TPSA) is 40.9 Å². The summed E-state index contributed by atoms with van der Waals surface area (Å²) in [6.45, 7) is 2.24. The molecule has 1 saturated carbocycles. The van der Waals surface area contributed by atoms with Gasteiger partial charge in [0.05, 0.1) is 6.07 Å². The molecule has 0 N–H and O–H groups in total. The van der Waals surface area contributed by atoms with Gasteiger partial charge < -0.3 is 0 Å². The van der Waals surface area contributed by atoms with Gasteiger partial charge in [-0.1, -0.05) is 32.6 Å². The number of unbranched alkanes of at least 4 members (excludes halogenated alkanes) is 2. The molecule has 0 unspecified atom stereocenters. The van der Waals surface area contributed by atoms with Crippen LogP contribution in [0.25, 0.3) is 0 Å². The maximum absolute atomic E-state index is 11.8. The summed E-state index contributed by atoms with van der Waals surface area (Å²) in [4.78, 5) is 11.8. The molecule has 17 heavy (non-hydrogen) atoms. The first kappa shape index (κ1) is 14.2. The van der Waals surface area contributed by atoms with E-state index in [1.807, 2.05) is 0 Å². The highest BCUT2D eigenvalue weighted by Gasteiger charge is 2.25. The number of carbonyl (C=O) groups is 1. The Labute approximate surface area is 105 Å². The number of rotatable bonds is 7. The summed E-state index contributed by atoms with van der Waals surface area (Å²) in [5, 5.41) is 8.47. The third kappa shape index (κ3) is 5.35. The van der Waals surface area contributed by atoms with E-state index in [4.69, 9.17) is 5.26 Å². The fraction of sp³-hybridized carbons (Fsp3) is 0.867. The van der Waals surface area contributed by atoms with Crippen molar-refractivity contribution in [2.45, 2.75) is 71.1 Å². The lowest BCUT2D eigenvalue weighted by molar-refractivity contribution is -0.124. The Balaban J connectivity index is 2.17. The van der Waals surface area contributed by atoms with Crippen LogP contribution in [-0.4, -0.2) is 5.78 Å². The van der Waals surface area contributed by atoms with Crippen molar-refractivity contribution in [1.82, 2.24) is 0 Å². The van der Waals surface area contributed by atoms with Gasteiger partial charge in [-0.2, -0.15) is 5.26 Å². The molecule has 0 aliphatic heterocycles. The van der Waals surface area contributed by atoms with E-state index in [0.717, 1.165) is 18.8 Å². The van der Waals surface area contributed by atoms with Gasteiger partial charge in [0.1, 0.15) is 5.78 Å². The SMILES string of the molecule is CCCCC[C@H]1CC[C@H](C(=O)CCC#N)CC1. The molecule has 2 nitrogen and oxygen atoms in total. The second kappa shape index (κ2) is 8.28. The van der Waals surface area contributed by atoms with Crippen LogP contribution in [0.3, 0.4) is 0 Å². The molecule has 0 aromatic heterocycles. The van der Waals surface area contributed by atoms with Gasteiger partial charge >= 0.3 is 0 Å². The molecule has 1 rings (SSSR count). The predicted molar refractivity (Wildman–Crippen MR) is 69.4 cm³/mol. The van der Waals surface area contributed by atoms with E-state index in [0.29, 0.717) is 18.6 Å². The van der Waals surface area contributed by atoms with Gasteiger partial charge in [0.15, 0.2) is 0 Å². The number of nitriles is 1. The van der Waals surface area contributed by atoms with E-state index in [-0.39, 0.29) is 5.92 Å². The molecule has 0 bridgehead atoms. The Kier molecular flexibility index (Phi) is 6.93. The molecular weight excluding hydrogens is 210 g/mol. The van der Waals surface area contributed by atoms with Gasteiger partial charge in [-0.3, -0.25) is 4.79 Å². The molecule has 0 heterocycles. The molecule has 1 aliphatic carbocycles. The van der Waals surface area contributed by atoms with Crippen LogP contribution in [0.4, 0.5) is 0 Å². The third-order valence-corrected chi connectivity index (χ3v) is 4.00. The van der Waals surface area contributed by atoms with E-state index in [1.54, 1.807) is 0 Å². The van der Waals surface area contributed by atoms with E-state index in [2.05, 4.69) is 13.0 Å². The number of nitrogens with zero attached hydrogens (tertiary/aromatic N) is 1. The third-order valence-electron chi connectivity index (χ3n) is 4.00. The normalized spacial score (nSPS) is 24.2. The Morgan fingerprint density at radius 1 is 1.24 bits per heavy atom. The van der Waals surface area contributed by atoms with E-state index >= 15 is 0 Å². The van der Waals surface area contributed by atoms with E-state index in [9.17, 15) is 4.79 Å². The van der Waals surface area contributed by atoms with Crippen molar-refractivity contribution in [2.75, 3.05) is 0 Å². The zero-order valence-corrected chi connectivity index (χ0v) is 11.1. The first-order valence-corrected chi connectivity index (χ1v) is 7.17. The lowest BCUT2D eigenvalue weighted by Gasteiger charge is -2.27. The summed E-state index contributed by atoms with van der Waals surface area (Å²) in [5.74, 6) is 1.46. The molecule has 0 saturated heterocycles. The summed E-state index contributed by atoms with van der Waals surface area (Å²) < 4.78 is 0. The van der Waals surface area contributed by atoms with Gasteiger partial charge in [-0.15, -0.1) is 0 Å². The molecule has 2 heteroatoms. The van der Waals surface area contributed by atoms with Crippen LogP contribution in [0.15, 0.2) is 0 Å².